The lowest BCUT2D eigenvalue weighted by Crippen LogP contribution is -2.13. The van der Waals surface area contributed by atoms with Gasteiger partial charge in [-0.3, -0.25) is 4.57 Å². The van der Waals surface area contributed by atoms with Gasteiger partial charge in [-0.05, 0) is 87.8 Å². The van der Waals surface area contributed by atoms with Gasteiger partial charge in [0.15, 0.2) is 5.82 Å². The molecule has 0 unspecified atom stereocenters. The van der Waals surface area contributed by atoms with Gasteiger partial charge in [0.2, 0.25) is 5.95 Å². The van der Waals surface area contributed by atoms with Crippen molar-refractivity contribution in [1.82, 2.24) is 19.5 Å². The van der Waals surface area contributed by atoms with Crippen LogP contribution >= 0.6 is 0 Å². The molecule has 0 bridgehead atoms. The fourth-order valence-electron chi connectivity index (χ4n) is 9.73. The lowest BCUT2D eigenvalue weighted by Gasteiger charge is -2.21. The summed E-state index contributed by atoms with van der Waals surface area (Å²) in [5, 5.41) is 6.76. The minimum atomic E-state index is -0.242. The maximum absolute atomic E-state index is 13.9. The average Bonchev–Trinajstić information content (AvgIpc) is 3.87. The third kappa shape index (κ3) is 6.01. The van der Waals surface area contributed by atoms with Crippen molar-refractivity contribution >= 4 is 54.5 Å². The highest BCUT2D eigenvalue weighted by Gasteiger charge is 2.24. The Labute approximate surface area is 351 Å². The summed E-state index contributed by atoms with van der Waals surface area (Å²) in [5.41, 5.74) is 11.2. The molecule has 1 fully saturated rings. The molecule has 0 N–H and O–H groups in total. The number of benzene rings is 8. The molecular formula is C55H39FN4O. The first-order chi connectivity index (χ1) is 30.1. The summed E-state index contributed by atoms with van der Waals surface area (Å²) in [6.07, 6.45) is 5.75. The lowest BCUT2D eigenvalue weighted by atomic mass is 9.88. The molecule has 0 amide bonds. The van der Waals surface area contributed by atoms with E-state index in [1.165, 1.54) is 31.4 Å². The van der Waals surface area contributed by atoms with E-state index >= 15 is 0 Å². The standard InChI is InChI=1S/C55H39FN4O/c56-40-30-27-35(28-31-40)42-18-9-14-36-13-8-17-41(51(36)42)34-23-25-38(26-24-34)54-57-53(37-11-2-1-3-12-37)58-55(59-54)60-48-21-6-4-15-44(48)47-33-39(29-32-49(47)60)43-19-10-20-46-45-16-5-7-22-50(45)61-52(43)46/h4-10,13-33,37H,1-3,11-12H2. The number of halogens is 1. The quantitative estimate of drug-likeness (QED) is 0.168. The van der Waals surface area contributed by atoms with E-state index in [1.807, 2.05) is 24.3 Å². The van der Waals surface area contributed by atoms with Crippen LogP contribution in [0.5, 0.6) is 0 Å². The molecule has 3 heterocycles. The highest BCUT2D eigenvalue weighted by atomic mass is 19.1. The van der Waals surface area contributed by atoms with Gasteiger partial charge < -0.3 is 4.42 Å². The Hall–Kier alpha value is -7.44. The topological polar surface area (TPSA) is 56.7 Å². The molecule has 3 aromatic heterocycles. The molecular weight excluding hydrogens is 752 g/mol. The molecule has 12 rings (SSSR count). The summed E-state index contributed by atoms with van der Waals surface area (Å²) >= 11 is 0. The van der Waals surface area contributed by atoms with E-state index in [9.17, 15) is 4.39 Å². The van der Waals surface area contributed by atoms with Gasteiger partial charge in [-0.1, -0.05) is 153 Å². The zero-order valence-electron chi connectivity index (χ0n) is 33.4. The number of rotatable bonds is 6. The van der Waals surface area contributed by atoms with E-state index in [2.05, 4.69) is 138 Å². The average molecular weight is 791 g/mol. The Morgan fingerprint density at radius 2 is 1.11 bits per heavy atom. The number of hydrogen-bond donors (Lipinski definition) is 0. The molecule has 0 radical (unpaired) electrons. The Balaban J connectivity index is 0.993. The normalized spacial score (nSPS) is 13.6. The summed E-state index contributed by atoms with van der Waals surface area (Å²) in [6, 6.07) is 57.9. The van der Waals surface area contributed by atoms with Crippen molar-refractivity contribution < 1.29 is 8.81 Å². The van der Waals surface area contributed by atoms with Crippen molar-refractivity contribution in [3.63, 3.8) is 0 Å². The zero-order chi connectivity index (χ0) is 40.4. The minimum absolute atomic E-state index is 0.242. The second-order valence-corrected chi connectivity index (χ2v) is 16.3. The van der Waals surface area contributed by atoms with Crippen LogP contribution in [0.25, 0.3) is 105 Å². The van der Waals surface area contributed by atoms with Crippen molar-refractivity contribution in [3.8, 4) is 50.7 Å². The largest absolute Gasteiger partial charge is 0.455 e. The predicted octanol–water partition coefficient (Wildman–Crippen LogP) is 14.9. The summed E-state index contributed by atoms with van der Waals surface area (Å²) in [6.45, 7) is 0. The first kappa shape index (κ1) is 35.5. The summed E-state index contributed by atoms with van der Waals surface area (Å²) < 4.78 is 22.6. The number of nitrogens with zero attached hydrogens (tertiary/aromatic N) is 4. The SMILES string of the molecule is Fc1ccc(-c2cccc3cccc(-c4ccc(-c5nc(C6CCCCC6)nc(-n6c7ccccc7c7cc(-c8cccc9c8oc8ccccc89)ccc76)n5)cc4)c23)cc1. The van der Waals surface area contributed by atoms with Crippen molar-refractivity contribution in [3.05, 3.63) is 181 Å². The highest BCUT2D eigenvalue weighted by molar-refractivity contribution is 6.13. The van der Waals surface area contributed by atoms with E-state index in [-0.39, 0.29) is 11.7 Å². The maximum Gasteiger partial charge on any atom is 0.238 e. The van der Waals surface area contributed by atoms with Crippen molar-refractivity contribution in [2.24, 2.45) is 0 Å². The van der Waals surface area contributed by atoms with Gasteiger partial charge in [-0.25, -0.2) is 9.37 Å². The summed E-state index contributed by atoms with van der Waals surface area (Å²) in [7, 11) is 0. The first-order valence-corrected chi connectivity index (χ1v) is 21.2. The van der Waals surface area contributed by atoms with Gasteiger partial charge in [-0.2, -0.15) is 9.97 Å². The number of furan rings is 1. The predicted molar refractivity (Wildman–Crippen MR) is 246 cm³/mol. The Kier molecular flexibility index (Phi) is 8.37. The number of hydrogen-bond acceptors (Lipinski definition) is 4. The van der Waals surface area contributed by atoms with Gasteiger partial charge in [0, 0.05) is 38.6 Å². The Bertz CT molecular complexity index is 3460. The summed E-state index contributed by atoms with van der Waals surface area (Å²) in [5.74, 6) is 2.19. The van der Waals surface area contributed by atoms with E-state index in [0.717, 1.165) is 112 Å². The highest BCUT2D eigenvalue weighted by Crippen LogP contribution is 2.41. The molecule has 0 saturated heterocycles. The van der Waals surface area contributed by atoms with Crippen molar-refractivity contribution in [1.29, 1.82) is 0 Å². The van der Waals surface area contributed by atoms with E-state index in [4.69, 9.17) is 19.4 Å². The fraction of sp³-hybridized carbons (Fsp3) is 0.109. The monoisotopic (exact) mass is 790 g/mol. The van der Waals surface area contributed by atoms with Crippen molar-refractivity contribution in [2.45, 2.75) is 38.0 Å². The Morgan fingerprint density at radius 3 is 1.90 bits per heavy atom. The van der Waals surface area contributed by atoms with Crippen LogP contribution in [0.3, 0.4) is 0 Å². The maximum atomic E-state index is 13.9. The molecule has 11 aromatic rings. The molecule has 292 valence electrons. The van der Waals surface area contributed by atoms with E-state index < -0.39 is 0 Å². The summed E-state index contributed by atoms with van der Waals surface area (Å²) in [4.78, 5) is 15.8. The van der Waals surface area contributed by atoms with Crippen LogP contribution in [-0.2, 0) is 0 Å². The Morgan fingerprint density at radius 1 is 0.492 bits per heavy atom. The van der Waals surface area contributed by atoms with Crippen LogP contribution in [0.1, 0.15) is 43.8 Å². The minimum Gasteiger partial charge on any atom is -0.455 e. The zero-order valence-corrected chi connectivity index (χ0v) is 33.4. The number of aromatic nitrogens is 4. The molecule has 1 saturated carbocycles. The van der Waals surface area contributed by atoms with Crippen molar-refractivity contribution in [2.75, 3.05) is 0 Å². The third-order valence-electron chi connectivity index (χ3n) is 12.7. The third-order valence-corrected chi connectivity index (χ3v) is 12.7. The molecule has 1 aliphatic carbocycles. The molecule has 61 heavy (non-hydrogen) atoms. The van der Waals surface area contributed by atoms with Crippen LogP contribution in [0.15, 0.2) is 174 Å². The van der Waals surface area contributed by atoms with E-state index in [1.54, 1.807) is 0 Å². The lowest BCUT2D eigenvalue weighted by molar-refractivity contribution is 0.427. The van der Waals surface area contributed by atoms with Crippen LogP contribution < -0.4 is 0 Å². The van der Waals surface area contributed by atoms with Crippen LogP contribution in [0, 0.1) is 5.82 Å². The molecule has 8 aromatic carbocycles. The van der Waals surface area contributed by atoms with Crippen LogP contribution in [-0.4, -0.2) is 19.5 Å². The smallest absolute Gasteiger partial charge is 0.238 e. The van der Waals surface area contributed by atoms with Gasteiger partial charge in [-0.15, -0.1) is 0 Å². The van der Waals surface area contributed by atoms with Gasteiger partial charge in [0.1, 0.15) is 22.8 Å². The molecule has 1 aliphatic rings. The second kappa shape index (κ2) is 14.4. The number of fused-ring (bicyclic) bond motifs is 7. The molecule has 0 aliphatic heterocycles. The van der Waals surface area contributed by atoms with Gasteiger partial charge in [0.05, 0.1) is 11.0 Å². The van der Waals surface area contributed by atoms with Gasteiger partial charge >= 0.3 is 0 Å². The first-order valence-electron chi connectivity index (χ1n) is 21.2. The van der Waals surface area contributed by atoms with Gasteiger partial charge in [0.25, 0.3) is 0 Å². The molecule has 0 spiro atoms. The molecule has 6 heteroatoms. The molecule has 5 nitrogen and oxygen atoms in total. The molecule has 0 atom stereocenters. The fourth-order valence-corrected chi connectivity index (χ4v) is 9.73. The van der Waals surface area contributed by atoms with E-state index in [0.29, 0.717) is 11.8 Å². The van der Waals surface area contributed by atoms with Crippen LogP contribution in [0.2, 0.25) is 0 Å². The number of para-hydroxylation sites is 3. The van der Waals surface area contributed by atoms with Crippen LogP contribution in [0.4, 0.5) is 4.39 Å². The second-order valence-electron chi connectivity index (χ2n) is 16.3.